The summed E-state index contributed by atoms with van der Waals surface area (Å²) in [6.45, 7) is 7.19. The molecule has 0 amide bonds. The van der Waals surface area contributed by atoms with Crippen molar-refractivity contribution in [2.45, 2.75) is 66.6 Å². The van der Waals surface area contributed by atoms with Crippen LogP contribution in [-0.2, 0) is 60.6 Å². The van der Waals surface area contributed by atoms with Crippen molar-refractivity contribution in [3.8, 4) is 34.5 Å². The molecule has 3 rings (SSSR count). The highest BCUT2D eigenvalue weighted by Gasteiger charge is 2.32. The van der Waals surface area contributed by atoms with Crippen molar-refractivity contribution >= 4 is 35.8 Å². The first kappa shape index (κ1) is 46.1. The van der Waals surface area contributed by atoms with Crippen LogP contribution in [0.4, 0.5) is 0 Å². The standard InChI is InChI=1S/C42H50O16/c1-24(43)52-21-33(16-30-10-13-35(55-27(4)46)38(18-30)49-7)34(22-53-25(2)44)17-31-11-14-37(39(19-31)50-8)58-41(23-54-26(3)45)42(57-29(6)48)32-12-15-36(56-28(5)47)40(20-32)51-9/h10-15,18-20,33-34,41-42H,16-17,21-23H2,1-9H3/t33-,34-,41+,42+/m0/s1. The monoisotopic (exact) mass is 810 g/mol. The van der Waals surface area contributed by atoms with Gasteiger partial charge >= 0.3 is 35.8 Å². The predicted molar refractivity (Wildman–Crippen MR) is 205 cm³/mol. The van der Waals surface area contributed by atoms with Gasteiger partial charge in [-0.1, -0.05) is 18.2 Å². The van der Waals surface area contributed by atoms with Crippen molar-refractivity contribution in [1.82, 2.24) is 0 Å². The van der Waals surface area contributed by atoms with Gasteiger partial charge < -0.3 is 47.4 Å². The summed E-state index contributed by atoms with van der Waals surface area (Å²) >= 11 is 0. The minimum Gasteiger partial charge on any atom is -0.493 e. The molecule has 16 nitrogen and oxygen atoms in total. The molecule has 0 heterocycles. The molecule has 16 heteroatoms. The van der Waals surface area contributed by atoms with Gasteiger partial charge in [-0.2, -0.15) is 0 Å². The first-order valence-electron chi connectivity index (χ1n) is 18.2. The van der Waals surface area contributed by atoms with Crippen LogP contribution >= 0.6 is 0 Å². The lowest BCUT2D eigenvalue weighted by atomic mass is 9.83. The van der Waals surface area contributed by atoms with Gasteiger partial charge in [0.25, 0.3) is 0 Å². The van der Waals surface area contributed by atoms with Gasteiger partial charge in [0.05, 0.1) is 34.5 Å². The van der Waals surface area contributed by atoms with Crippen LogP contribution in [0, 0.1) is 11.8 Å². The molecule has 0 aliphatic carbocycles. The van der Waals surface area contributed by atoms with Crippen LogP contribution in [0.3, 0.4) is 0 Å². The van der Waals surface area contributed by atoms with E-state index in [0.29, 0.717) is 24.2 Å². The number of methoxy groups -OCH3 is 3. The number of rotatable bonds is 21. The highest BCUT2D eigenvalue weighted by atomic mass is 16.6. The lowest BCUT2D eigenvalue weighted by Crippen LogP contribution is -2.34. The smallest absolute Gasteiger partial charge is 0.308 e. The first-order chi connectivity index (χ1) is 27.5. The fraction of sp³-hybridized carbons (Fsp3) is 0.429. The molecule has 4 atom stereocenters. The minimum absolute atomic E-state index is 0.00435. The second-order valence-corrected chi connectivity index (χ2v) is 13.1. The summed E-state index contributed by atoms with van der Waals surface area (Å²) in [7, 11) is 4.26. The molecule has 3 aromatic carbocycles. The van der Waals surface area contributed by atoms with E-state index >= 15 is 0 Å². The Kier molecular flexibility index (Phi) is 17.8. The van der Waals surface area contributed by atoms with Gasteiger partial charge in [-0.3, -0.25) is 28.8 Å². The molecule has 0 bridgehead atoms. The van der Waals surface area contributed by atoms with Gasteiger partial charge in [0, 0.05) is 58.9 Å². The number of hydrogen-bond donors (Lipinski definition) is 0. The van der Waals surface area contributed by atoms with Crippen molar-refractivity contribution in [2.24, 2.45) is 11.8 Å². The summed E-state index contributed by atoms with van der Waals surface area (Å²) < 4.78 is 55.5. The van der Waals surface area contributed by atoms with E-state index in [2.05, 4.69) is 0 Å². The average molecular weight is 811 g/mol. The summed E-state index contributed by atoms with van der Waals surface area (Å²) in [5.74, 6) is -2.76. The molecule has 0 aliphatic rings. The van der Waals surface area contributed by atoms with Crippen LogP contribution in [0.5, 0.6) is 34.5 Å². The van der Waals surface area contributed by atoms with E-state index < -0.39 is 53.9 Å². The van der Waals surface area contributed by atoms with Crippen LogP contribution in [-0.4, -0.2) is 83.1 Å². The topological polar surface area (TPSA) is 195 Å². The molecule has 0 aromatic heterocycles. The van der Waals surface area contributed by atoms with Crippen LogP contribution < -0.4 is 28.4 Å². The second-order valence-electron chi connectivity index (χ2n) is 13.1. The molecule has 0 radical (unpaired) electrons. The summed E-state index contributed by atoms with van der Waals surface area (Å²) in [6.07, 6.45) is -1.60. The molecule has 314 valence electrons. The maximum atomic E-state index is 12.4. The zero-order valence-electron chi connectivity index (χ0n) is 34.1. The highest BCUT2D eigenvalue weighted by molar-refractivity contribution is 5.71. The Morgan fingerprint density at radius 3 is 1.31 bits per heavy atom. The van der Waals surface area contributed by atoms with E-state index in [4.69, 9.17) is 47.4 Å². The average Bonchev–Trinajstić information content (AvgIpc) is 3.16. The summed E-state index contributed by atoms with van der Waals surface area (Å²) in [5, 5.41) is 0. The van der Waals surface area contributed by atoms with E-state index in [9.17, 15) is 28.8 Å². The van der Waals surface area contributed by atoms with E-state index in [0.717, 1.165) is 11.1 Å². The fourth-order valence-corrected chi connectivity index (χ4v) is 5.98. The van der Waals surface area contributed by atoms with Crippen molar-refractivity contribution in [1.29, 1.82) is 0 Å². The number of ether oxygens (including phenoxy) is 10. The van der Waals surface area contributed by atoms with Crippen LogP contribution in [0.1, 0.15) is 64.3 Å². The predicted octanol–water partition coefficient (Wildman–Crippen LogP) is 5.32. The normalized spacial score (nSPS) is 12.7. The van der Waals surface area contributed by atoms with Gasteiger partial charge in [-0.25, -0.2) is 0 Å². The van der Waals surface area contributed by atoms with Crippen molar-refractivity contribution in [3.05, 3.63) is 71.3 Å². The fourth-order valence-electron chi connectivity index (χ4n) is 5.98. The lowest BCUT2D eigenvalue weighted by Gasteiger charge is -2.29. The largest absolute Gasteiger partial charge is 0.493 e. The van der Waals surface area contributed by atoms with Crippen molar-refractivity contribution in [3.63, 3.8) is 0 Å². The third kappa shape index (κ3) is 14.6. The molecule has 0 saturated carbocycles. The molecule has 58 heavy (non-hydrogen) atoms. The number of carbonyl (C=O) groups is 6. The minimum atomic E-state index is -1.15. The molecule has 0 fully saturated rings. The maximum Gasteiger partial charge on any atom is 0.308 e. The molecule has 0 unspecified atom stereocenters. The molecule has 0 aliphatic heterocycles. The molecule has 0 N–H and O–H groups in total. The molecular weight excluding hydrogens is 760 g/mol. The van der Waals surface area contributed by atoms with Gasteiger partial charge in [0.15, 0.2) is 46.7 Å². The van der Waals surface area contributed by atoms with Gasteiger partial charge in [0.1, 0.15) is 6.61 Å². The maximum absolute atomic E-state index is 12.4. The van der Waals surface area contributed by atoms with Gasteiger partial charge in [0.2, 0.25) is 0 Å². The quantitative estimate of drug-likeness (QED) is 0.0761. The molecule has 3 aromatic rings. The van der Waals surface area contributed by atoms with E-state index in [-0.39, 0.29) is 54.5 Å². The Labute approximate surface area is 336 Å². The van der Waals surface area contributed by atoms with Crippen LogP contribution in [0.25, 0.3) is 0 Å². The lowest BCUT2D eigenvalue weighted by molar-refractivity contribution is -0.157. The summed E-state index contributed by atoms with van der Waals surface area (Å²) in [6, 6.07) is 14.7. The highest BCUT2D eigenvalue weighted by Crippen LogP contribution is 2.38. The Balaban J connectivity index is 2.02. The number of carbonyl (C=O) groups excluding carboxylic acids is 6. The van der Waals surface area contributed by atoms with Gasteiger partial charge in [-0.05, 0) is 60.4 Å². The number of esters is 6. The van der Waals surface area contributed by atoms with E-state index in [1.54, 1.807) is 42.5 Å². The Morgan fingerprint density at radius 1 is 0.466 bits per heavy atom. The van der Waals surface area contributed by atoms with Gasteiger partial charge in [-0.15, -0.1) is 0 Å². The SMILES string of the molecule is COc1cc(C[C@@H](COC(C)=O)[C@H](COC(C)=O)Cc2ccc(O[C@H](COC(C)=O)[C@H](OC(C)=O)c3ccc(OC(C)=O)c(OC)c3)c(OC)c2)ccc1OC(C)=O. The summed E-state index contributed by atoms with van der Waals surface area (Å²) in [5.41, 5.74) is 1.89. The zero-order chi connectivity index (χ0) is 42.9. The van der Waals surface area contributed by atoms with Crippen LogP contribution in [0.2, 0.25) is 0 Å². The number of hydrogen-bond acceptors (Lipinski definition) is 16. The van der Waals surface area contributed by atoms with Crippen molar-refractivity contribution in [2.75, 3.05) is 41.2 Å². The van der Waals surface area contributed by atoms with E-state index in [1.165, 1.54) is 75.0 Å². The molecule has 0 spiro atoms. The third-order valence-electron chi connectivity index (χ3n) is 8.50. The third-order valence-corrected chi connectivity index (χ3v) is 8.50. The Bertz CT molecular complexity index is 1920. The Hall–Kier alpha value is -6.32. The summed E-state index contributed by atoms with van der Waals surface area (Å²) in [4.78, 5) is 71.6. The first-order valence-corrected chi connectivity index (χ1v) is 18.2. The van der Waals surface area contributed by atoms with E-state index in [1.807, 2.05) is 0 Å². The van der Waals surface area contributed by atoms with Crippen molar-refractivity contribution < 1.29 is 76.1 Å². The molecule has 0 saturated heterocycles. The second kappa shape index (κ2) is 22.4. The zero-order valence-corrected chi connectivity index (χ0v) is 34.1. The van der Waals surface area contributed by atoms with Crippen LogP contribution in [0.15, 0.2) is 54.6 Å². The molecular formula is C42H50O16. The number of benzene rings is 3. The Morgan fingerprint density at radius 2 is 0.879 bits per heavy atom.